The molecule has 84 valence electrons. The lowest BCUT2D eigenvalue weighted by Gasteiger charge is -2.35. The quantitative estimate of drug-likeness (QED) is 0.560. The van der Waals surface area contributed by atoms with Crippen molar-refractivity contribution in [2.45, 2.75) is 38.8 Å². The van der Waals surface area contributed by atoms with Gasteiger partial charge < -0.3 is 5.11 Å². The van der Waals surface area contributed by atoms with E-state index in [1.54, 1.807) is 39.0 Å². The van der Waals surface area contributed by atoms with Crippen LogP contribution in [0.3, 0.4) is 0 Å². The standard InChI is InChI=1S/C11H17NO3/c1-10(2,3)9(13)11(12(14)15)7-5-4-6-8-11/h4-7,9,13H,8H2,1-3H3/t9-,11?/m0/s1. The van der Waals surface area contributed by atoms with Crippen LogP contribution in [-0.2, 0) is 0 Å². The predicted octanol–water partition coefficient (Wildman–Crippen LogP) is 1.92. The molecule has 2 atom stereocenters. The zero-order chi connectivity index (χ0) is 11.7. The van der Waals surface area contributed by atoms with Gasteiger partial charge in [-0.05, 0) is 11.5 Å². The maximum atomic E-state index is 11.1. The minimum absolute atomic E-state index is 0.245. The molecule has 0 fully saturated rings. The highest BCUT2D eigenvalue weighted by Gasteiger charge is 2.52. The Morgan fingerprint density at radius 3 is 2.40 bits per heavy atom. The summed E-state index contributed by atoms with van der Waals surface area (Å²) in [6.07, 6.45) is 5.84. The van der Waals surface area contributed by atoms with Crippen LogP contribution in [0.15, 0.2) is 24.3 Å². The van der Waals surface area contributed by atoms with Crippen LogP contribution < -0.4 is 0 Å². The number of rotatable bonds is 2. The average molecular weight is 211 g/mol. The molecule has 0 aromatic heterocycles. The monoisotopic (exact) mass is 211 g/mol. The Morgan fingerprint density at radius 2 is 2.07 bits per heavy atom. The number of aliphatic hydroxyl groups is 1. The van der Waals surface area contributed by atoms with E-state index in [1.165, 1.54) is 6.08 Å². The molecule has 15 heavy (non-hydrogen) atoms. The Kier molecular flexibility index (Phi) is 3.00. The molecule has 0 amide bonds. The molecule has 0 heterocycles. The molecule has 1 aliphatic rings. The van der Waals surface area contributed by atoms with Gasteiger partial charge in [-0.1, -0.05) is 39.0 Å². The van der Waals surface area contributed by atoms with Crippen molar-refractivity contribution >= 4 is 0 Å². The van der Waals surface area contributed by atoms with Gasteiger partial charge in [-0.3, -0.25) is 10.1 Å². The topological polar surface area (TPSA) is 63.4 Å². The summed E-state index contributed by atoms with van der Waals surface area (Å²) in [5.41, 5.74) is -1.88. The molecule has 0 saturated heterocycles. The molecule has 1 unspecified atom stereocenters. The third-order valence-corrected chi connectivity index (χ3v) is 2.71. The SMILES string of the molecule is CC(C)(C)[C@H](O)C1([N+](=O)[O-])C=CC=CC1. The first-order valence-electron chi connectivity index (χ1n) is 4.97. The molecule has 4 nitrogen and oxygen atoms in total. The van der Waals surface area contributed by atoms with Crippen LogP contribution in [0.2, 0.25) is 0 Å². The summed E-state index contributed by atoms with van der Waals surface area (Å²) >= 11 is 0. The van der Waals surface area contributed by atoms with Gasteiger partial charge in [-0.2, -0.15) is 0 Å². The molecule has 0 bridgehead atoms. The molecule has 1 aliphatic carbocycles. The van der Waals surface area contributed by atoms with Gasteiger partial charge in [0.2, 0.25) is 0 Å². The van der Waals surface area contributed by atoms with Gasteiger partial charge in [0.1, 0.15) is 6.10 Å². The highest BCUT2D eigenvalue weighted by atomic mass is 16.6. The minimum atomic E-state index is -1.37. The Bertz CT molecular complexity index is 314. The van der Waals surface area contributed by atoms with E-state index in [-0.39, 0.29) is 11.3 Å². The van der Waals surface area contributed by atoms with E-state index >= 15 is 0 Å². The second-order valence-corrected chi connectivity index (χ2v) is 5.01. The maximum absolute atomic E-state index is 11.1. The second-order valence-electron chi connectivity index (χ2n) is 5.01. The first-order valence-corrected chi connectivity index (χ1v) is 4.97. The fraction of sp³-hybridized carbons (Fsp3) is 0.636. The summed E-state index contributed by atoms with van der Waals surface area (Å²) in [4.78, 5) is 10.7. The molecule has 0 saturated carbocycles. The first kappa shape index (κ1) is 11.9. The Balaban J connectivity index is 3.08. The molecule has 1 N–H and O–H groups in total. The maximum Gasteiger partial charge on any atom is 0.269 e. The summed E-state index contributed by atoms with van der Waals surface area (Å²) in [5, 5.41) is 21.2. The van der Waals surface area contributed by atoms with Gasteiger partial charge in [0.15, 0.2) is 0 Å². The van der Waals surface area contributed by atoms with E-state index in [9.17, 15) is 15.2 Å². The van der Waals surface area contributed by atoms with Gasteiger partial charge >= 0.3 is 0 Å². The van der Waals surface area contributed by atoms with Crippen LogP contribution >= 0.6 is 0 Å². The van der Waals surface area contributed by atoms with Crippen molar-refractivity contribution in [1.29, 1.82) is 0 Å². The number of nitro groups is 1. The third-order valence-electron chi connectivity index (χ3n) is 2.71. The van der Waals surface area contributed by atoms with Crippen molar-refractivity contribution in [3.8, 4) is 0 Å². The van der Waals surface area contributed by atoms with Gasteiger partial charge in [-0.15, -0.1) is 0 Å². The summed E-state index contributed by atoms with van der Waals surface area (Å²) < 4.78 is 0. The third kappa shape index (κ3) is 2.09. The highest BCUT2D eigenvalue weighted by molar-refractivity contribution is 5.21. The summed E-state index contributed by atoms with van der Waals surface area (Å²) in [5.74, 6) is 0. The minimum Gasteiger partial charge on any atom is -0.385 e. The molecule has 0 radical (unpaired) electrons. The fourth-order valence-corrected chi connectivity index (χ4v) is 1.81. The summed E-state index contributed by atoms with van der Waals surface area (Å²) in [6, 6.07) is 0. The van der Waals surface area contributed by atoms with Crippen molar-refractivity contribution in [3.05, 3.63) is 34.4 Å². The van der Waals surface area contributed by atoms with Crippen LogP contribution in [0.25, 0.3) is 0 Å². The Morgan fingerprint density at radius 1 is 1.47 bits per heavy atom. The molecule has 0 aromatic carbocycles. The lowest BCUT2D eigenvalue weighted by molar-refractivity contribution is -0.571. The first-order chi connectivity index (χ1) is 6.81. The molecule has 4 heteroatoms. The van der Waals surface area contributed by atoms with Crippen LogP contribution in [0.4, 0.5) is 0 Å². The molecule has 0 aliphatic heterocycles. The predicted molar refractivity (Wildman–Crippen MR) is 58.1 cm³/mol. The number of hydrogen-bond acceptors (Lipinski definition) is 3. The van der Waals surface area contributed by atoms with Crippen molar-refractivity contribution in [1.82, 2.24) is 0 Å². The number of hydrogen-bond donors (Lipinski definition) is 1. The molecule has 1 rings (SSSR count). The smallest absolute Gasteiger partial charge is 0.269 e. The largest absolute Gasteiger partial charge is 0.385 e. The van der Waals surface area contributed by atoms with Crippen molar-refractivity contribution in [2.24, 2.45) is 5.41 Å². The van der Waals surface area contributed by atoms with E-state index in [0.29, 0.717) is 0 Å². The van der Waals surface area contributed by atoms with Crippen molar-refractivity contribution in [2.75, 3.05) is 0 Å². The van der Waals surface area contributed by atoms with E-state index in [2.05, 4.69) is 0 Å². The van der Waals surface area contributed by atoms with Gasteiger partial charge in [0.05, 0.1) is 0 Å². The van der Waals surface area contributed by atoms with Crippen LogP contribution in [0.5, 0.6) is 0 Å². The van der Waals surface area contributed by atoms with Crippen molar-refractivity contribution in [3.63, 3.8) is 0 Å². The zero-order valence-electron chi connectivity index (χ0n) is 9.30. The number of aliphatic hydroxyl groups excluding tert-OH is 1. The Hall–Kier alpha value is -1.16. The van der Waals surface area contributed by atoms with Gasteiger partial charge in [0, 0.05) is 11.3 Å². The molecular weight excluding hydrogens is 194 g/mol. The lowest BCUT2D eigenvalue weighted by Crippen LogP contribution is -2.53. The molecule has 0 spiro atoms. The van der Waals surface area contributed by atoms with Crippen LogP contribution in [-0.4, -0.2) is 21.7 Å². The molecule has 0 aromatic rings. The Labute approximate surface area is 89.5 Å². The zero-order valence-corrected chi connectivity index (χ0v) is 9.30. The summed E-state index contributed by atoms with van der Waals surface area (Å²) in [6.45, 7) is 5.40. The average Bonchev–Trinajstić information content (AvgIpc) is 2.16. The normalized spacial score (nSPS) is 27.7. The van der Waals surface area contributed by atoms with E-state index < -0.39 is 17.1 Å². The summed E-state index contributed by atoms with van der Waals surface area (Å²) in [7, 11) is 0. The van der Waals surface area contributed by atoms with E-state index in [1.807, 2.05) is 0 Å². The van der Waals surface area contributed by atoms with Crippen LogP contribution in [0.1, 0.15) is 27.2 Å². The highest BCUT2D eigenvalue weighted by Crippen LogP contribution is 2.35. The fourth-order valence-electron chi connectivity index (χ4n) is 1.81. The van der Waals surface area contributed by atoms with Gasteiger partial charge in [-0.25, -0.2) is 0 Å². The van der Waals surface area contributed by atoms with E-state index in [0.717, 1.165) is 0 Å². The van der Waals surface area contributed by atoms with Crippen molar-refractivity contribution < 1.29 is 10.0 Å². The van der Waals surface area contributed by atoms with Gasteiger partial charge in [0.25, 0.3) is 5.54 Å². The number of nitrogens with zero attached hydrogens (tertiary/aromatic N) is 1. The van der Waals surface area contributed by atoms with E-state index in [4.69, 9.17) is 0 Å². The second kappa shape index (κ2) is 3.77. The lowest BCUT2D eigenvalue weighted by atomic mass is 9.74. The van der Waals surface area contributed by atoms with Crippen LogP contribution in [0, 0.1) is 15.5 Å². The number of allylic oxidation sites excluding steroid dienone is 2. The molecular formula is C11H17NO3.